The molecule has 0 aromatic carbocycles. The summed E-state index contributed by atoms with van der Waals surface area (Å²) in [6, 6.07) is 0.216. The van der Waals surface area contributed by atoms with Crippen LogP contribution in [-0.2, 0) is 4.74 Å². The first-order chi connectivity index (χ1) is 7.70. The zero-order valence-electron chi connectivity index (χ0n) is 11.2. The second kappa shape index (κ2) is 7.29. The van der Waals surface area contributed by atoms with Gasteiger partial charge in [0.05, 0.1) is 6.10 Å². The summed E-state index contributed by atoms with van der Waals surface area (Å²) in [7, 11) is 0. The second-order valence-electron chi connectivity index (χ2n) is 5.28. The van der Waals surface area contributed by atoms with Gasteiger partial charge in [0.15, 0.2) is 0 Å². The fraction of sp³-hybridized carbons (Fsp3) is 1.00. The number of hydrogen-bond acceptors (Lipinski definition) is 2. The Morgan fingerprint density at radius 3 is 2.31 bits per heavy atom. The molecule has 0 bridgehead atoms. The fourth-order valence-corrected chi connectivity index (χ4v) is 2.81. The molecule has 2 nitrogen and oxygen atoms in total. The highest BCUT2D eigenvalue weighted by atomic mass is 16.5. The third kappa shape index (κ3) is 3.74. The summed E-state index contributed by atoms with van der Waals surface area (Å²) in [4.78, 5) is 0. The van der Waals surface area contributed by atoms with E-state index in [1.165, 1.54) is 32.1 Å². The third-order valence-corrected chi connectivity index (χ3v) is 4.15. The number of nitrogens with two attached hydrogens (primary N) is 1. The lowest BCUT2D eigenvalue weighted by molar-refractivity contribution is -0.0203. The minimum Gasteiger partial charge on any atom is -0.377 e. The molecule has 1 fully saturated rings. The lowest BCUT2D eigenvalue weighted by atomic mass is 9.79. The highest BCUT2D eigenvalue weighted by Crippen LogP contribution is 2.31. The zero-order valence-corrected chi connectivity index (χ0v) is 11.2. The lowest BCUT2D eigenvalue weighted by Crippen LogP contribution is -2.46. The molecule has 1 saturated carbocycles. The molecule has 0 heterocycles. The summed E-state index contributed by atoms with van der Waals surface area (Å²) in [5, 5.41) is 0. The van der Waals surface area contributed by atoms with E-state index in [1.54, 1.807) is 0 Å². The summed E-state index contributed by atoms with van der Waals surface area (Å²) in [5.74, 6) is 1.27. The molecule has 2 heteroatoms. The zero-order chi connectivity index (χ0) is 12.0. The largest absolute Gasteiger partial charge is 0.377 e. The normalized spacial score (nSPS) is 24.0. The maximum absolute atomic E-state index is 6.36. The van der Waals surface area contributed by atoms with E-state index in [4.69, 9.17) is 10.5 Å². The minimum atomic E-state index is 0.216. The number of ether oxygens (including phenoxy) is 1. The molecule has 0 aromatic heterocycles. The van der Waals surface area contributed by atoms with E-state index in [1.807, 2.05) is 0 Å². The molecule has 3 unspecified atom stereocenters. The summed E-state index contributed by atoms with van der Waals surface area (Å²) in [5.41, 5.74) is 6.36. The average molecular weight is 227 g/mol. The molecule has 1 aliphatic carbocycles. The summed E-state index contributed by atoms with van der Waals surface area (Å²) in [6.07, 6.45) is 8.19. The van der Waals surface area contributed by atoms with Gasteiger partial charge in [0.1, 0.15) is 0 Å². The first-order valence-electron chi connectivity index (χ1n) is 7.07. The van der Waals surface area contributed by atoms with Crippen molar-refractivity contribution in [3.8, 4) is 0 Å². The molecule has 3 atom stereocenters. The Balaban J connectivity index is 2.56. The SMILES string of the molecule is CCOC(C1CCCCC1)C(N)C(C)CC. The molecule has 0 aromatic rings. The molecule has 0 aliphatic heterocycles. The van der Waals surface area contributed by atoms with E-state index >= 15 is 0 Å². The van der Waals surface area contributed by atoms with Crippen LogP contribution in [0.4, 0.5) is 0 Å². The van der Waals surface area contributed by atoms with E-state index in [9.17, 15) is 0 Å². The van der Waals surface area contributed by atoms with Crippen LogP contribution in [0.2, 0.25) is 0 Å². The van der Waals surface area contributed by atoms with Gasteiger partial charge in [0.2, 0.25) is 0 Å². The van der Waals surface area contributed by atoms with Crippen LogP contribution in [0.3, 0.4) is 0 Å². The van der Waals surface area contributed by atoms with E-state index in [2.05, 4.69) is 20.8 Å². The van der Waals surface area contributed by atoms with Crippen molar-refractivity contribution in [1.82, 2.24) is 0 Å². The van der Waals surface area contributed by atoms with Crippen LogP contribution in [-0.4, -0.2) is 18.8 Å². The molecule has 16 heavy (non-hydrogen) atoms. The van der Waals surface area contributed by atoms with Gasteiger partial charge >= 0.3 is 0 Å². The second-order valence-corrected chi connectivity index (χ2v) is 5.28. The molecule has 1 rings (SSSR count). The minimum absolute atomic E-state index is 0.216. The molecule has 0 saturated heterocycles. The van der Waals surface area contributed by atoms with E-state index < -0.39 is 0 Å². The van der Waals surface area contributed by atoms with Crippen LogP contribution in [0.25, 0.3) is 0 Å². The topological polar surface area (TPSA) is 35.2 Å². The Hall–Kier alpha value is -0.0800. The molecule has 0 spiro atoms. The Bertz CT molecular complexity index is 176. The molecule has 96 valence electrons. The van der Waals surface area contributed by atoms with E-state index in [-0.39, 0.29) is 6.04 Å². The highest BCUT2D eigenvalue weighted by Gasteiger charge is 2.31. The van der Waals surface area contributed by atoms with Gasteiger partial charge in [-0.05, 0) is 31.6 Å². The van der Waals surface area contributed by atoms with Crippen molar-refractivity contribution < 1.29 is 4.74 Å². The van der Waals surface area contributed by atoms with Gasteiger partial charge in [-0.1, -0.05) is 39.5 Å². The van der Waals surface area contributed by atoms with Crippen LogP contribution in [0.5, 0.6) is 0 Å². The predicted octanol–water partition coefficient (Wildman–Crippen LogP) is 3.35. The van der Waals surface area contributed by atoms with Gasteiger partial charge in [-0.15, -0.1) is 0 Å². The molecule has 2 N–H and O–H groups in total. The Kier molecular flexibility index (Phi) is 6.37. The van der Waals surface area contributed by atoms with E-state index in [0.29, 0.717) is 17.9 Å². The van der Waals surface area contributed by atoms with Gasteiger partial charge in [-0.3, -0.25) is 0 Å². The van der Waals surface area contributed by atoms with Crippen molar-refractivity contribution in [3.05, 3.63) is 0 Å². The Morgan fingerprint density at radius 2 is 1.81 bits per heavy atom. The molecule has 0 amide bonds. The van der Waals surface area contributed by atoms with Gasteiger partial charge in [0, 0.05) is 12.6 Å². The maximum atomic E-state index is 6.36. The van der Waals surface area contributed by atoms with E-state index in [0.717, 1.165) is 13.0 Å². The van der Waals surface area contributed by atoms with Gasteiger partial charge in [0.25, 0.3) is 0 Å². The number of hydrogen-bond donors (Lipinski definition) is 1. The van der Waals surface area contributed by atoms with Crippen molar-refractivity contribution in [1.29, 1.82) is 0 Å². The molecular weight excluding hydrogens is 198 g/mol. The quantitative estimate of drug-likeness (QED) is 0.755. The van der Waals surface area contributed by atoms with Crippen molar-refractivity contribution in [2.75, 3.05) is 6.61 Å². The summed E-state index contributed by atoms with van der Waals surface area (Å²) >= 11 is 0. The monoisotopic (exact) mass is 227 g/mol. The van der Waals surface area contributed by atoms with Crippen LogP contribution >= 0.6 is 0 Å². The smallest absolute Gasteiger partial charge is 0.0756 e. The van der Waals surface area contributed by atoms with Crippen molar-refractivity contribution in [2.45, 2.75) is 71.4 Å². The van der Waals surface area contributed by atoms with Gasteiger partial charge in [-0.2, -0.15) is 0 Å². The maximum Gasteiger partial charge on any atom is 0.0756 e. The molecule has 0 radical (unpaired) electrons. The first kappa shape index (κ1) is 14.0. The Labute approximate surface area is 101 Å². The van der Waals surface area contributed by atoms with Gasteiger partial charge in [-0.25, -0.2) is 0 Å². The van der Waals surface area contributed by atoms with Crippen LogP contribution < -0.4 is 5.73 Å². The van der Waals surface area contributed by atoms with Crippen LogP contribution in [0.1, 0.15) is 59.3 Å². The van der Waals surface area contributed by atoms with Crippen LogP contribution in [0.15, 0.2) is 0 Å². The third-order valence-electron chi connectivity index (χ3n) is 4.15. The standard InChI is InChI=1S/C14H29NO/c1-4-11(3)13(15)14(16-5-2)12-9-7-6-8-10-12/h11-14H,4-10,15H2,1-3H3. The predicted molar refractivity (Wildman–Crippen MR) is 69.4 cm³/mol. The fourth-order valence-electron chi connectivity index (χ4n) is 2.81. The van der Waals surface area contributed by atoms with Crippen molar-refractivity contribution >= 4 is 0 Å². The lowest BCUT2D eigenvalue weighted by Gasteiger charge is -2.36. The van der Waals surface area contributed by atoms with Gasteiger partial charge < -0.3 is 10.5 Å². The first-order valence-corrected chi connectivity index (χ1v) is 7.07. The summed E-state index contributed by atoms with van der Waals surface area (Å²) < 4.78 is 5.94. The van der Waals surface area contributed by atoms with Crippen molar-refractivity contribution in [3.63, 3.8) is 0 Å². The number of rotatable bonds is 6. The average Bonchev–Trinajstić information content (AvgIpc) is 2.35. The highest BCUT2D eigenvalue weighted by molar-refractivity contribution is 4.85. The summed E-state index contributed by atoms with van der Waals surface area (Å²) in [6.45, 7) is 7.35. The Morgan fingerprint density at radius 1 is 1.19 bits per heavy atom. The van der Waals surface area contributed by atoms with Crippen LogP contribution in [0, 0.1) is 11.8 Å². The van der Waals surface area contributed by atoms with Crippen molar-refractivity contribution in [2.24, 2.45) is 17.6 Å². The molecular formula is C14H29NO. The molecule has 1 aliphatic rings.